The number of rotatable bonds is 3. The Bertz CT molecular complexity index is 691. The molecule has 0 aromatic carbocycles. The number of nitrogens with one attached hydrogen (secondary N) is 1. The monoisotopic (exact) mass is 343 g/mol. The van der Waals surface area contributed by atoms with Crippen LogP contribution in [0.4, 0.5) is 0 Å². The molecule has 3 nitrogen and oxygen atoms in total. The van der Waals surface area contributed by atoms with Gasteiger partial charge in [-0.1, -0.05) is 18.9 Å². The Balaban J connectivity index is 1.75. The first kappa shape index (κ1) is 15.1. The molecule has 0 amide bonds. The van der Waals surface area contributed by atoms with Crippen LogP contribution in [0.15, 0.2) is 36.5 Å². The highest BCUT2D eigenvalue weighted by Gasteiger charge is 2.44. The van der Waals surface area contributed by atoms with Crippen LogP contribution in [0.2, 0.25) is 0 Å². The number of hydrogen-bond donors (Lipinski definition) is 1. The van der Waals surface area contributed by atoms with E-state index < -0.39 is 0 Å². The molecule has 4 rings (SSSR count). The highest BCUT2D eigenvalue weighted by Crippen LogP contribution is 2.44. The Kier molecular flexibility index (Phi) is 4.07. The Morgan fingerprint density at radius 3 is 2.70 bits per heavy atom. The fourth-order valence-electron chi connectivity index (χ4n) is 3.86. The van der Waals surface area contributed by atoms with E-state index in [1.54, 1.807) is 0 Å². The molecule has 23 heavy (non-hydrogen) atoms. The number of pyridine rings is 1. The fourth-order valence-corrected chi connectivity index (χ4v) is 5.26. The average Bonchev–Trinajstić information content (AvgIpc) is 3.27. The molecule has 1 aliphatic carbocycles. The molecule has 0 bridgehead atoms. The molecule has 0 spiro atoms. The molecule has 2 aromatic rings. The van der Waals surface area contributed by atoms with Gasteiger partial charge in [-0.2, -0.15) is 0 Å². The van der Waals surface area contributed by atoms with Crippen molar-refractivity contribution in [1.82, 2.24) is 15.2 Å². The van der Waals surface area contributed by atoms with Crippen LogP contribution in [0.25, 0.3) is 0 Å². The van der Waals surface area contributed by atoms with Crippen LogP contribution in [0.5, 0.6) is 0 Å². The van der Waals surface area contributed by atoms with Gasteiger partial charge >= 0.3 is 0 Å². The molecule has 1 saturated heterocycles. The van der Waals surface area contributed by atoms with Gasteiger partial charge in [0.2, 0.25) is 0 Å². The zero-order chi connectivity index (χ0) is 15.8. The van der Waals surface area contributed by atoms with E-state index in [-0.39, 0.29) is 12.1 Å². The number of hydrogen-bond acceptors (Lipinski definition) is 3. The van der Waals surface area contributed by atoms with Crippen molar-refractivity contribution in [2.45, 2.75) is 50.7 Å². The van der Waals surface area contributed by atoms with Gasteiger partial charge in [0.1, 0.15) is 0 Å². The first-order valence-corrected chi connectivity index (χ1v) is 9.52. The third kappa shape index (κ3) is 2.76. The van der Waals surface area contributed by atoms with Gasteiger partial charge in [-0.05, 0) is 56.2 Å². The maximum Gasteiger partial charge on any atom is 0.170 e. The van der Waals surface area contributed by atoms with E-state index in [4.69, 9.17) is 12.2 Å². The number of nitrogens with zero attached hydrogens (tertiary/aromatic N) is 2. The SMILES string of the molecule is Cc1ccc([C@@H]2[C@@H](c3ccccn3)NC(=S)N2C2CCCC2)s1. The topological polar surface area (TPSA) is 28.2 Å². The van der Waals surface area contributed by atoms with Crippen molar-refractivity contribution in [3.63, 3.8) is 0 Å². The van der Waals surface area contributed by atoms with Crippen LogP contribution in [0.1, 0.15) is 53.2 Å². The summed E-state index contributed by atoms with van der Waals surface area (Å²) >= 11 is 7.61. The Labute approximate surface area is 146 Å². The highest BCUT2D eigenvalue weighted by molar-refractivity contribution is 7.80. The normalized spacial score (nSPS) is 25.1. The maximum absolute atomic E-state index is 5.73. The molecule has 2 atom stereocenters. The van der Waals surface area contributed by atoms with Crippen LogP contribution in [-0.2, 0) is 0 Å². The lowest BCUT2D eigenvalue weighted by atomic mass is 10.0. The summed E-state index contributed by atoms with van der Waals surface area (Å²) in [6.07, 6.45) is 6.99. The van der Waals surface area contributed by atoms with Crippen molar-refractivity contribution in [2.24, 2.45) is 0 Å². The summed E-state index contributed by atoms with van der Waals surface area (Å²) in [4.78, 5) is 9.80. The third-order valence-corrected chi connectivity index (χ3v) is 6.31. The zero-order valence-electron chi connectivity index (χ0n) is 13.2. The summed E-state index contributed by atoms with van der Waals surface area (Å²) in [6, 6.07) is 11.6. The van der Waals surface area contributed by atoms with Gasteiger partial charge in [0, 0.05) is 22.0 Å². The molecule has 0 radical (unpaired) electrons. The molecule has 1 aliphatic heterocycles. The van der Waals surface area contributed by atoms with E-state index in [1.165, 1.54) is 35.4 Å². The van der Waals surface area contributed by atoms with Crippen LogP contribution in [0.3, 0.4) is 0 Å². The summed E-state index contributed by atoms with van der Waals surface area (Å²) in [6.45, 7) is 2.17. The maximum atomic E-state index is 5.73. The predicted molar refractivity (Wildman–Crippen MR) is 98.6 cm³/mol. The van der Waals surface area contributed by atoms with Crippen molar-refractivity contribution in [3.8, 4) is 0 Å². The first-order chi connectivity index (χ1) is 11.2. The molecule has 120 valence electrons. The van der Waals surface area contributed by atoms with Gasteiger partial charge in [0.15, 0.2) is 5.11 Å². The minimum Gasteiger partial charge on any atom is -0.352 e. The third-order valence-electron chi connectivity index (χ3n) is 4.91. The van der Waals surface area contributed by atoms with E-state index in [0.717, 1.165) is 10.8 Å². The van der Waals surface area contributed by atoms with Crippen molar-refractivity contribution in [2.75, 3.05) is 0 Å². The van der Waals surface area contributed by atoms with Crippen molar-refractivity contribution >= 4 is 28.7 Å². The molecule has 1 saturated carbocycles. The standard InChI is InChI=1S/C18H21N3S2/c1-12-9-10-15(23-12)17-16(14-8-4-5-11-19-14)20-18(22)21(17)13-6-2-3-7-13/h4-5,8-11,13,16-17H,2-3,6-7H2,1H3,(H,20,22)/t16-,17-/m1/s1. The quantitative estimate of drug-likeness (QED) is 0.838. The summed E-state index contributed by atoms with van der Waals surface area (Å²) in [5, 5.41) is 4.45. The fraction of sp³-hybridized carbons (Fsp3) is 0.444. The number of thiocarbonyl (C=S) groups is 1. The Morgan fingerprint density at radius 1 is 1.22 bits per heavy atom. The molecule has 2 aromatic heterocycles. The molecular formula is C18H21N3S2. The van der Waals surface area contributed by atoms with Gasteiger partial charge in [-0.15, -0.1) is 11.3 Å². The van der Waals surface area contributed by atoms with E-state index in [2.05, 4.69) is 46.4 Å². The van der Waals surface area contributed by atoms with Crippen molar-refractivity contribution in [3.05, 3.63) is 52.0 Å². The predicted octanol–water partition coefficient (Wildman–Crippen LogP) is 4.37. The lowest BCUT2D eigenvalue weighted by molar-refractivity contribution is 0.249. The molecular weight excluding hydrogens is 322 g/mol. The van der Waals surface area contributed by atoms with E-state index >= 15 is 0 Å². The van der Waals surface area contributed by atoms with E-state index in [9.17, 15) is 0 Å². The van der Waals surface area contributed by atoms with Gasteiger partial charge in [-0.25, -0.2) is 0 Å². The van der Waals surface area contributed by atoms with Gasteiger partial charge in [0.25, 0.3) is 0 Å². The molecule has 2 fully saturated rings. The zero-order valence-corrected chi connectivity index (χ0v) is 14.9. The molecule has 2 aliphatic rings. The van der Waals surface area contributed by atoms with Gasteiger partial charge in [-0.3, -0.25) is 4.98 Å². The average molecular weight is 344 g/mol. The summed E-state index contributed by atoms with van der Waals surface area (Å²) in [5.41, 5.74) is 1.08. The Hall–Kier alpha value is -1.46. The van der Waals surface area contributed by atoms with Gasteiger partial charge < -0.3 is 10.2 Å². The van der Waals surface area contributed by atoms with Crippen LogP contribution in [-0.4, -0.2) is 21.0 Å². The summed E-state index contributed by atoms with van der Waals surface area (Å²) in [5.74, 6) is 0. The van der Waals surface area contributed by atoms with E-state index in [1.807, 2.05) is 23.6 Å². The second kappa shape index (κ2) is 6.21. The second-order valence-electron chi connectivity index (χ2n) is 6.42. The number of thiophene rings is 1. The largest absolute Gasteiger partial charge is 0.352 e. The molecule has 1 N–H and O–H groups in total. The van der Waals surface area contributed by atoms with Crippen LogP contribution in [0, 0.1) is 6.92 Å². The lowest BCUT2D eigenvalue weighted by Gasteiger charge is -2.32. The van der Waals surface area contributed by atoms with Crippen LogP contribution >= 0.6 is 23.6 Å². The number of aromatic nitrogens is 1. The summed E-state index contributed by atoms with van der Waals surface area (Å²) in [7, 11) is 0. The smallest absolute Gasteiger partial charge is 0.170 e. The minimum absolute atomic E-state index is 0.141. The van der Waals surface area contributed by atoms with Gasteiger partial charge in [0.05, 0.1) is 17.8 Å². The van der Waals surface area contributed by atoms with Crippen molar-refractivity contribution in [1.29, 1.82) is 0 Å². The summed E-state index contributed by atoms with van der Waals surface area (Å²) < 4.78 is 0. The molecule has 3 heterocycles. The Morgan fingerprint density at radius 2 is 2.04 bits per heavy atom. The number of aryl methyl sites for hydroxylation is 1. The first-order valence-electron chi connectivity index (χ1n) is 8.30. The van der Waals surface area contributed by atoms with Crippen molar-refractivity contribution < 1.29 is 0 Å². The highest BCUT2D eigenvalue weighted by atomic mass is 32.1. The van der Waals surface area contributed by atoms with Crippen LogP contribution < -0.4 is 5.32 Å². The minimum atomic E-state index is 0.141. The second-order valence-corrected chi connectivity index (χ2v) is 8.13. The molecule has 0 unspecified atom stereocenters. The lowest BCUT2D eigenvalue weighted by Crippen LogP contribution is -2.37. The molecule has 5 heteroatoms. The van der Waals surface area contributed by atoms with E-state index in [0.29, 0.717) is 6.04 Å².